The van der Waals surface area contributed by atoms with Gasteiger partial charge in [-0.15, -0.1) is 23.4 Å². The fourth-order valence-corrected chi connectivity index (χ4v) is 2.50. The van der Waals surface area contributed by atoms with Crippen molar-refractivity contribution in [2.75, 3.05) is 18.1 Å². The lowest BCUT2D eigenvalue weighted by atomic mass is 9.85. The Hall–Kier alpha value is -0.480. The van der Waals surface area contributed by atoms with Crippen LogP contribution in [-0.2, 0) is 0 Å². The van der Waals surface area contributed by atoms with E-state index in [4.69, 9.17) is 11.6 Å². The molecule has 0 aromatic carbocycles. The van der Waals surface area contributed by atoms with Crippen LogP contribution in [0.25, 0.3) is 0 Å². The molecule has 0 bridgehead atoms. The number of thioether (sulfide) groups is 1. The molecule has 1 aromatic heterocycles. The standard InChI is InChI=1S/C10H14ClN3S/c1-15-10-4-9(13-6-14-10)12-5-7-2-8(11)3-7/h4,6-8H,2-3,5H2,1H3,(H,12,13,14). The van der Waals surface area contributed by atoms with Crippen LogP contribution in [0.1, 0.15) is 12.8 Å². The average Bonchev–Trinajstić information content (AvgIpc) is 2.23. The lowest BCUT2D eigenvalue weighted by Gasteiger charge is -2.30. The number of hydrogen-bond donors (Lipinski definition) is 1. The van der Waals surface area contributed by atoms with Gasteiger partial charge in [-0.1, -0.05) is 0 Å². The predicted octanol–water partition coefficient (Wildman–Crippen LogP) is 2.63. The topological polar surface area (TPSA) is 37.8 Å². The summed E-state index contributed by atoms with van der Waals surface area (Å²) in [5, 5.41) is 4.71. The number of anilines is 1. The predicted molar refractivity (Wildman–Crippen MR) is 64.7 cm³/mol. The van der Waals surface area contributed by atoms with Gasteiger partial charge in [-0.2, -0.15) is 0 Å². The summed E-state index contributed by atoms with van der Waals surface area (Å²) in [5.74, 6) is 1.62. The van der Waals surface area contributed by atoms with Gasteiger partial charge in [-0.3, -0.25) is 0 Å². The smallest absolute Gasteiger partial charge is 0.130 e. The number of alkyl halides is 1. The number of halogens is 1. The van der Waals surface area contributed by atoms with Crippen molar-refractivity contribution < 1.29 is 0 Å². The Morgan fingerprint density at radius 1 is 1.53 bits per heavy atom. The van der Waals surface area contributed by atoms with E-state index in [9.17, 15) is 0 Å². The fraction of sp³-hybridized carbons (Fsp3) is 0.600. The molecule has 2 rings (SSSR count). The van der Waals surface area contributed by atoms with Gasteiger partial charge in [-0.05, 0) is 25.0 Å². The van der Waals surface area contributed by atoms with Crippen molar-refractivity contribution in [3.05, 3.63) is 12.4 Å². The van der Waals surface area contributed by atoms with Gasteiger partial charge in [-0.25, -0.2) is 9.97 Å². The molecule has 0 amide bonds. The zero-order chi connectivity index (χ0) is 10.7. The van der Waals surface area contributed by atoms with Crippen LogP contribution in [0.4, 0.5) is 5.82 Å². The van der Waals surface area contributed by atoms with E-state index in [0.29, 0.717) is 11.3 Å². The Labute approximate surface area is 99.0 Å². The third-order valence-corrected chi connectivity index (χ3v) is 3.60. The highest BCUT2D eigenvalue weighted by atomic mass is 35.5. The Balaban J connectivity index is 1.82. The first-order valence-electron chi connectivity index (χ1n) is 5.02. The van der Waals surface area contributed by atoms with Crippen molar-refractivity contribution in [3.8, 4) is 0 Å². The van der Waals surface area contributed by atoms with Gasteiger partial charge >= 0.3 is 0 Å². The summed E-state index contributed by atoms with van der Waals surface area (Å²) in [5.41, 5.74) is 0. The van der Waals surface area contributed by atoms with E-state index < -0.39 is 0 Å². The SMILES string of the molecule is CSc1cc(NCC2CC(Cl)C2)ncn1. The fourth-order valence-electron chi connectivity index (χ4n) is 1.62. The van der Waals surface area contributed by atoms with Gasteiger partial charge in [0.25, 0.3) is 0 Å². The molecular formula is C10H14ClN3S. The van der Waals surface area contributed by atoms with Crippen molar-refractivity contribution >= 4 is 29.2 Å². The Bertz CT molecular complexity index is 328. The lowest BCUT2D eigenvalue weighted by Crippen LogP contribution is -2.30. The molecule has 5 heteroatoms. The summed E-state index contributed by atoms with van der Waals surface area (Å²) in [4.78, 5) is 8.29. The zero-order valence-corrected chi connectivity index (χ0v) is 10.2. The Morgan fingerprint density at radius 2 is 2.33 bits per heavy atom. The molecule has 0 unspecified atom stereocenters. The largest absolute Gasteiger partial charge is 0.370 e. The first-order valence-corrected chi connectivity index (χ1v) is 6.68. The maximum atomic E-state index is 5.92. The molecule has 1 heterocycles. The molecule has 1 N–H and O–H groups in total. The molecule has 0 aliphatic heterocycles. The highest BCUT2D eigenvalue weighted by molar-refractivity contribution is 7.98. The third-order valence-electron chi connectivity index (χ3n) is 2.60. The first kappa shape index (κ1) is 11.0. The molecule has 15 heavy (non-hydrogen) atoms. The Morgan fingerprint density at radius 3 is 3.00 bits per heavy atom. The molecule has 1 aromatic rings. The molecule has 1 aliphatic rings. The van der Waals surface area contributed by atoms with Gasteiger partial charge in [0, 0.05) is 18.0 Å². The van der Waals surface area contributed by atoms with Crippen molar-refractivity contribution in [2.45, 2.75) is 23.2 Å². The molecule has 1 aliphatic carbocycles. The second-order valence-electron chi connectivity index (χ2n) is 3.76. The quantitative estimate of drug-likeness (QED) is 0.501. The molecule has 1 saturated carbocycles. The number of hydrogen-bond acceptors (Lipinski definition) is 4. The molecule has 82 valence electrons. The maximum Gasteiger partial charge on any atom is 0.130 e. The van der Waals surface area contributed by atoms with Crippen molar-refractivity contribution in [2.24, 2.45) is 5.92 Å². The number of aromatic nitrogens is 2. The first-order chi connectivity index (χ1) is 7.28. The van der Waals surface area contributed by atoms with Gasteiger partial charge in [0.05, 0.1) is 0 Å². The monoisotopic (exact) mass is 243 g/mol. The molecular weight excluding hydrogens is 230 g/mol. The van der Waals surface area contributed by atoms with E-state index in [1.54, 1.807) is 18.1 Å². The second kappa shape index (κ2) is 5.03. The third kappa shape index (κ3) is 2.98. The molecule has 3 nitrogen and oxygen atoms in total. The van der Waals surface area contributed by atoms with Gasteiger partial charge in [0.1, 0.15) is 17.2 Å². The minimum Gasteiger partial charge on any atom is -0.370 e. The molecule has 0 spiro atoms. The maximum absolute atomic E-state index is 5.92. The minimum atomic E-state index is 0.393. The van der Waals surface area contributed by atoms with Crippen LogP contribution in [0.3, 0.4) is 0 Å². The highest BCUT2D eigenvalue weighted by Gasteiger charge is 2.26. The minimum absolute atomic E-state index is 0.393. The van der Waals surface area contributed by atoms with Crippen molar-refractivity contribution in [1.29, 1.82) is 0 Å². The average molecular weight is 244 g/mol. The normalized spacial score (nSPS) is 24.7. The van der Waals surface area contributed by atoms with E-state index in [-0.39, 0.29) is 0 Å². The second-order valence-corrected chi connectivity index (χ2v) is 5.20. The highest BCUT2D eigenvalue weighted by Crippen LogP contribution is 2.31. The molecule has 0 radical (unpaired) electrons. The summed E-state index contributed by atoms with van der Waals surface area (Å²) < 4.78 is 0. The van der Waals surface area contributed by atoms with E-state index in [0.717, 1.165) is 30.2 Å². The van der Waals surface area contributed by atoms with E-state index in [1.807, 2.05) is 12.3 Å². The molecule has 0 atom stereocenters. The summed E-state index contributed by atoms with van der Waals surface area (Å²) >= 11 is 7.54. The summed E-state index contributed by atoms with van der Waals surface area (Å²) in [6, 6.07) is 1.97. The summed E-state index contributed by atoms with van der Waals surface area (Å²) in [6.07, 6.45) is 5.85. The van der Waals surface area contributed by atoms with Crippen LogP contribution < -0.4 is 5.32 Å². The van der Waals surface area contributed by atoms with Crippen LogP contribution in [0, 0.1) is 5.92 Å². The zero-order valence-electron chi connectivity index (χ0n) is 8.61. The van der Waals surface area contributed by atoms with Gasteiger partial charge in [0.2, 0.25) is 0 Å². The molecule has 1 fully saturated rings. The summed E-state index contributed by atoms with van der Waals surface area (Å²) in [7, 11) is 0. The van der Waals surface area contributed by atoms with Gasteiger partial charge in [0.15, 0.2) is 0 Å². The number of nitrogens with zero attached hydrogens (tertiary/aromatic N) is 2. The van der Waals surface area contributed by atoms with Crippen molar-refractivity contribution in [1.82, 2.24) is 9.97 Å². The number of nitrogens with one attached hydrogen (secondary N) is 1. The lowest BCUT2D eigenvalue weighted by molar-refractivity contribution is 0.341. The van der Waals surface area contributed by atoms with Crippen molar-refractivity contribution in [3.63, 3.8) is 0 Å². The molecule has 0 saturated heterocycles. The van der Waals surface area contributed by atoms with E-state index in [2.05, 4.69) is 15.3 Å². The van der Waals surface area contributed by atoms with Crippen LogP contribution in [0.15, 0.2) is 17.4 Å². The van der Waals surface area contributed by atoms with E-state index >= 15 is 0 Å². The number of rotatable bonds is 4. The van der Waals surface area contributed by atoms with Crippen LogP contribution in [-0.4, -0.2) is 28.1 Å². The van der Waals surface area contributed by atoms with Crippen LogP contribution in [0.5, 0.6) is 0 Å². The van der Waals surface area contributed by atoms with Crippen LogP contribution in [0.2, 0.25) is 0 Å². The Kier molecular flexibility index (Phi) is 3.70. The van der Waals surface area contributed by atoms with Crippen LogP contribution >= 0.6 is 23.4 Å². The summed E-state index contributed by atoms with van der Waals surface area (Å²) in [6.45, 7) is 0.966. The van der Waals surface area contributed by atoms with E-state index in [1.165, 1.54) is 0 Å². The van der Waals surface area contributed by atoms with Gasteiger partial charge < -0.3 is 5.32 Å².